The van der Waals surface area contributed by atoms with E-state index in [1.807, 2.05) is 0 Å². The molecule has 1 N–H and O–H groups in total. The van der Waals surface area contributed by atoms with Crippen molar-refractivity contribution in [1.82, 2.24) is 19.7 Å². The van der Waals surface area contributed by atoms with Gasteiger partial charge in [0.1, 0.15) is 12.7 Å². The predicted molar refractivity (Wildman–Crippen MR) is 72.0 cm³/mol. The van der Waals surface area contributed by atoms with E-state index in [2.05, 4.69) is 40.1 Å². The minimum Gasteiger partial charge on any atom is -0.392 e. The predicted octanol–water partition coefficient (Wildman–Crippen LogP) is 1.14. The van der Waals surface area contributed by atoms with Crippen LogP contribution in [0.15, 0.2) is 30.9 Å². The summed E-state index contributed by atoms with van der Waals surface area (Å²) in [5.41, 5.74) is 3.51. The molecule has 1 aromatic heterocycles. The van der Waals surface area contributed by atoms with E-state index in [1.165, 1.54) is 11.1 Å². The zero-order chi connectivity index (χ0) is 13.2. The number of aliphatic hydroxyl groups excluding tert-OH is 1. The molecule has 5 heteroatoms. The van der Waals surface area contributed by atoms with Crippen LogP contribution in [0.5, 0.6) is 0 Å². The molecule has 1 atom stereocenters. The Labute approximate surface area is 112 Å². The first-order chi connectivity index (χ1) is 9.22. The smallest absolute Gasteiger partial charge is 0.138 e. The van der Waals surface area contributed by atoms with Crippen LogP contribution in [0.3, 0.4) is 0 Å². The Balaban J connectivity index is 1.76. The second-order valence-electron chi connectivity index (χ2n) is 5.14. The Morgan fingerprint density at radius 1 is 1.42 bits per heavy atom. The number of aliphatic hydroxyl groups is 1. The second kappa shape index (κ2) is 5.11. The standard InChI is InChI=1S/C14H18N4O/c1-11-6-12(7-17-5-4-13(19)8-17)2-3-14(11)18-10-15-9-16-18/h2-3,6,9-10,13,19H,4-5,7-8H2,1H3/t13-/m1/s1. The zero-order valence-corrected chi connectivity index (χ0v) is 11.0. The van der Waals surface area contributed by atoms with Crippen LogP contribution in [0.1, 0.15) is 17.5 Å². The maximum atomic E-state index is 9.54. The molecule has 3 rings (SSSR count). The molecule has 0 bridgehead atoms. The first-order valence-corrected chi connectivity index (χ1v) is 6.57. The molecule has 5 nitrogen and oxygen atoms in total. The van der Waals surface area contributed by atoms with Crippen molar-refractivity contribution in [2.24, 2.45) is 0 Å². The number of β-amino-alcohol motifs (C(OH)–C–C–N with tert-alkyl or cyclic N) is 1. The minimum atomic E-state index is -0.157. The van der Waals surface area contributed by atoms with Crippen LogP contribution in [0.4, 0.5) is 0 Å². The van der Waals surface area contributed by atoms with Crippen LogP contribution in [-0.2, 0) is 6.54 Å². The monoisotopic (exact) mass is 258 g/mol. The number of hydrogen-bond donors (Lipinski definition) is 1. The van der Waals surface area contributed by atoms with Crippen molar-refractivity contribution in [1.29, 1.82) is 0 Å². The highest BCUT2D eigenvalue weighted by Gasteiger charge is 2.20. The summed E-state index contributed by atoms with van der Waals surface area (Å²) in [6.07, 6.45) is 3.98. The van der Waals surface area contributed by atoms with E-state index < -0.39 is 0 Å². The molecule has 1 aliphatic heterocycles. The highest BCUT2D eigenvalue weighted by molar-refractivity contribution is 5.41. The second-order valence-corrected chi connectivity index (χ2v) is 5.14. The summed E-state index contributed by atoms with van der Waals surface area (Å²) in [6, 6.07) is 6.38. The van der Waals surface area contributed by atoms with Gasteiger partial charge in [-0.3, -0.25) is 4.90 Å². The van der Waals surface area contributed by atoms with Gasteiger partial charge in [-0.15, -0.1) is 0 Å². The molecule has 1 aliphatic rings. The fourth-order valence-corrected chi connectivity index (χ4v) is 2.62. The van der Waals surface area contributed by atoms with Gasteiger partial charge >= 0.3 is 0 Å². The van der Waals surface area contributed by atoms with Crippen LogP contribution >= 0.6 is 0 Å². The van der Waals surface area contributed by atoms with Crippen molar-refractivity contribution >= 4 is 0 Å². The third-order valence-corrected chi connectivity index (χ3v) is 3.58. The van der Waals surface area contributed by atoms with Gasteiger partial charge in [0.25, 0.3) is 0 Å². The number of aromatic nitrogens is 3. The van der Waals surface area contributed by atoms with Gasteiger partial charge in [0.2, 0.25) is 0 Å². The van der Waals surface area contributed by atoms with Gasteiger partial charge in [0, 0.05) is 19.6 Å². The van der Waals surface area contributed by atoms with Crippen molar-refractivity contribution in [3.8, 4) is 5.69 Å². The van der Waals surface area contributed by atoms with Crippen molar-refractivity contribution in [3.05, 3.63) is 42.0 Å². The molecule has 1 fully saturated rings. The van der Waals surface area contributed by atoms with Crippen molar-refractivity contribution in [2.75, 3.05) is 13.1 Å². The summed E-state index contributed by atoms with van der Waals surface area (Å²) in [5, 5.41) is 13.7. The van der Waals surface area contributed by atoms with Gasteiger partial charge in [-0.05, 0) is 30.5 Å². The summed E-state index contributed by atoms with van der Waals surface area (Å²) in [6.45, 7) is 4.74. The number of hydrogen-bond acceptors (Lipinski definition) is 4. The normalized spacial score (nSPS) is 20.0. The van der Waals surface area contributed by atoms with Crippen LogP contribution in [0.25, 0.3) is 5.69 Å². The van der Waals surface area contributed by atoms with Gasteiger partial charge in [0.15, 0.2) is 0 Å². The van der Waals surface area contributed by atoms with E-state index in [1.54, 1.807) is 17.3 Å². The van der Waals surface area contributed by atoms with Crippen molar-refractivity contribution in [3.63, 3.8) is 0 Å². The van der Waals surface area contributed by atoms with Gasteiger partial charge in [-0.1, -0.05) is 12.1 Å². The lowest BCUT2D eigenvalue weighted by atomic mass is 10.1. The Hall–Kier alpha value is -1.72. The van der Waals surface area contributed by atoms with Crippen LogP contribution in [-0.4, -0.2) is 44.0 Å². The molecule has 0 saturated carbocycles. The molecule has 100 valence electrons. The van der Waals surface area contributed by atoms with Crippen LogP contribution < -0.4 is 0 Å². The average Bonchev–Trinajstić information content (AvgIpc) is 3.01. The Kier molecular flexibility index (Phi) is 3.31. The van der Waals surface area contributed by atoms with Crippen molar-refractivity contribution < 1.29 is 5.11 Å². The molecule has 19 heavy (non-hydrogen) atoms. The third kappa shape index (κ3) is 2.67. The molecule has 0 amide bonds. The van der Waals surface area contributed by atoms with Gasteiger partial charge in [-0.2, -0.15) is 5.10 Å². The number of rotatable bonds is 3. The third-order valence-electron chi connectivity index (χ3n) is 3.58. The van der Waals surface area contributed by atoms with Gasteiger partial charge in [-0.25, -0.2) is 9.67 Å². The number of likely N-dealkylation sites (tertiary alicyclic amines) is 1. The molecule has 0 radical (unpaired) electrons. The molecule has 0 unspecified atom stereocenters. The number of nitrogens with zero attached hydrogens (tertiary/aromatic N) is 4. The van der Waals surface area contributed by atoms with Crippen LogP contribution in [0, 0.1) is 6.92 Å². The van der Waals surface area contributed by atoms with E-state index in [4.69, 9.17) is 0 Å². The lowest BCUT2D eigenvalue weighted by Crippen LogP contribution is -2.21. The fraction of sp³-hybridized carbons (Fsp3) is 0.429. The quantitative estimate of drug-likeness (QED) is 0.897. The van der Waals surface area contributed by atoms with E-state index in [0.29, 0.717) is 0 Å². The lowest BCUT2D eigenvalue weighted by molar-refractivity contribution is 0.175. The number of benzene rings is 1. The van der Waals surface area contributed by atoms with Gasteiger partial charge in [0.05, 0.1) is 11.8 Å². The lowest BCUT2D eigenvalue weighted by Gasteiger charge is -2.16. The summed E-state index contributed by atoms with van der Waals surface area (Å²) in [4.78, 5) is 6.26. The van der Waals surface area contributed by atoms with E-state index >= 15 is 0 Å². The number of aryl methyl sites for hydroxylation is 1. The molecule has 0 aliphatic carbocycles. The Bertz CT molecular complexity index is 553. The van der Waals surface area contributed by atoms with E-state index in [0.717, 1.165) is 31.7 Å². The average molecular weight is 258 g/mol. The summed E-state index contributed by atoms with van der Waals surface area (Å²) >= 11 is 0. The topological polar surface area (TPSA) is 54.2 Å². The Morgan fingerprint density at radius 3 is 2.95 bits per heavy atom. The highest BCUT2D eigenvalue weighted by Crippen LogP contribution is 2.18. The first kappa shape index (κ1) is 12.3. The molecule has 2 aromatic rings. The zero-order valence-electron chi connectivity index (χ0n) is 11.0. The highest BCUT2D eigenvalue weighted by atomic mass is 16.3. The fourth-order valence-electron chi connectivity index (χ4n) is 2.62. The first-order valence-electron chi connectivity index (χ1n) is 6.57. The molecular weight excluding hydrogens is 240 g/mol. The molecule has 1 aromatic carbocycles. The van der Waals surface area contributed by atoms with Gasteiger partial charge < -0.3 is 5.11 Å². The maximum Gasteiger partial charge on any atom is 0.138 e. The molecule has 2 heterocycles. The molecule has 0 spiro atoms. The summed E-state index contributed by atoms with van der Waals surface area (Å²) in [5.74, 6) is 0. The Morgan fingerprint density at radius 2 is 2.32 bits per heavy atom. The summed E-state index contributed by atoms with van der Waals surface area (Å²) in [7, 11) is 0. The molecular formula is C14H18N4O. The SMILES string of the molecule is Cc1cc(CN2CC[C@@H](O)C2)ccc1-n1cncn1. The largest absolute Gasteiger partial charge is 0.392 e. The van der Waals surface area contributed by atoms with E-state index in [-0.39, 0.29) is 6.10 Å². The van der Waals surface area contributed by atoms with Crippen LogP contribution in [0.2, 0.25) is 0 Å². The minimum absolute atomic E-state index is 0.157. The maximum absolute atomic E-state index is 9.54. The molecule has 1 saturated heterocycles. The summed E-state index contributed by atoms with van der Waals surface area (Å²) < 4.78 is 1.78. The van der Waals surface area contributed by atoms with Crippen molar-refractivity contribution in [2.45, 2.75) is 26.0 Å². The van der Waals surface area contributed by atoms with E-state index in [9.17, 15) is 5.11 Å².